The first-order valence-corrected chi connectivity index (χ1v) is 8.95. The Balaban J connectivity index is 1.39. The van der Waals surface area contributed by atoms with Crippen LogP contribution in [0.15, 0.2) is 6.20 Å². The zero-order valence-corrected chi connectivity index (χ0v) is 14.4. The number of aromatic nitrogens is 2. The summed E-state index contributed by atoms with van der Waals surface area (Å²) < 4.78 is 32.9. The molecule has 8 heteroatoms. The lowest BCUT2D eigenvalue weighted by molar-refractivity contribution is 0.0318. The normalized spacial score (nSPS) is 27.6. The molecule has 25 heavy (non-hydrogen) atoms. The number of nitrogens with zero attached hydrogens (tertiary/aromatic N) is 4. The quantitative estimate of drug-likeness (QED) is 0.823. The zero-order valence-electron chi connectivity index (χ0n) is 14.4. The van der Waals surface area contributed by atoms with Crippen LogP contribution in [0.4, 0.5) is 8.78 Å². The highest BCUT2D eigenvalue weighted by atomic mass is 19.3. The van der Waals surface area contributed by atoms with E-state index in [2.05, 4.69) is 10.00 Å². The van der Waals surface area contributed by atoms with Gasteiger partial charge in [-0.2, -0.15) is 5.10 Å². The number of halogens is 2. The van der Waals surface area contributed by atoms with Gasteiger partial charge in [0.1, 0.15) is 5.69 Å². The Bertz CT molecular complexity index is 645. The molecule has 3 aliphatic heterocycles. The van der Waals surface area contributed by atoms with E-state index in [-0.39, 0.29) is 17.5 Å². The SMILES string of the molecule is Cn1cc(C(=O)N2C[C@@H]3CN(CC4CCOCC4)C[C@@H]32)c(C(F)F)n1. The monoisotopic (exact) mass is 354 g/mol. The van der Waals surface area contributed by atoms with E-state index in [1.165, 1.54) is 10.9 Å². The molecule has 0 spiro atoms. The molecular formula is C17H24F2N4O2. The molecular weight excluding hydrogens is 330 g/mol. The second-order valence-corrected chi connectivity index (χ2v) is 7.46. The minimum Gasteiger partial charge on any atom is -0.381 e. The third-order valence-electron chi connectivity index (χ3n) is 5.73. The molecule has 1 aromatic rings. The van der Waals surface area contributed by atoms with Crippen molar-refractivity contribution in [2.45, 2.75) is 25.3 Å². The minimum absolute atomic E-state index is 0.0406. The van der Waals surface area contributed by atoms with E-state index in [0.717, 1.165) is 45.7 Å². The largest absolute Gasteiger partial charge is 0.381 e. The van der Waals surface area contributed by atoms with Crippen LogP contribution < -0.4 is 0 Å². The first-order valence-electron chi connectivity index (χ1n) is 8.95. The first-order chi connectivity index (χ1) is 12.0. The van der Waals surface area contributed by atoms with E-state index in [0.29, 0.717) is 18.4 Å². The van der Waals surface area contributed by atoms with Crippen LogP contribution in [0.25, 0.3) is 0 Å². The molecule has 1 aromatic heterocycles. The van der Waals surface area contributed by atoms with Crippen molar-refractivity contribution in [3.05, 3.63) is 17.5 Å². The van der Waals surface area contributed by atoms with E-state index in [1.54, 1.807) is 11.9 Å². The highest BCUT2D eigenvalue weighted by Gasteiger charge is 2.48. The molecule has 3 fully saturated rings. The number of amides is 1. The highest BCUT2D eigenvalue weighted by molar-refractivity contribution is 5.96. The second kappa shape index (κ2) is 6.64. The van der Waals surface area contributed by atoms with Crippen LogP contribution in [0.1, 0.15) is 35.3 Å². The summed E-state index contributed by atoms with van der Waals surface area (Å²) in [6, 6.07) is 0.151. The van der Waals surface area contributed by atoms with Gasteiger partial charge in [0.05, 0.1) is 11.6 Å². The predicted molar refractivity (Wildman–Crippen MR) is 86.5 cm³/mol. The van der Waals surface area contributed by atoms with Crippen LogP contribution in [0.5, 0.6) is 0 Å². The molecule has 1 amide bonds. The van der Waals surface area contributed by atoms with Crippen LogP contribution in [0.2, 0.25) is 0 Å². The van der Waals surface area contributed by atoms with Crippen molar-refractivity contribution in [2.75, 3.05) is 39.4 Å². The van der Waals surface area contributed by atoms with Gasteiger partial charge in [0.15, 0.2) is 0 Å². The van der Waals surface area contributed by atoms with Gasteiger partial charge in [0, 0.05) is 58.6 Å². The second-order valence-electron chi connectivity index (χ2n) is 7.46. The molecule has 4 heterocycles. The van der Waals surface area contributed by atoms with Gasteiger partial charge in [-0.1, -0.05) is 0 Å². The number of rotatable bonds is 4. The number of carbonyl (C=O) groups excluding carboxylic acids is 1. The number of likely N-dealkylation sites (tertiary alicyclic amines) is 2. The van der Waals surface area contributed by atoms with Crippen LogP contribution in [0.3, 0.4) is 0 Å². The lowest BCUT2D eigenvalue weighted by Gasteiger charge is -2.43. The Morgan fingerprint density at radius 3 is 2.80 bits per heavy atom. The summed E-state index contributed by atoms with van der Waals surface area (Å²) in [6.45, 7) is 5.23. The fourth-order valence-electron chi connectivity index (χ4n) is 4.39. The summed E-state index contributed by atoms with van der Waals surface area (Å²) in [5.74, 6) is 0.826. The number of hydrogen-bond acceptors (Lipinski definition) is 4. The summed E-state index contributed by atoms with van der Waals surface area (Å²) in [7, 11) is 1.56. The summed E-state index contributed by atoms with van der Waals surface area (Å²) in [5, 5.41) is 3.75. The van der Waals surface area contributed by atoms with Gasteiger partial charge >= 0.3 is 0 Å². The fourth-order valence-corrected chi connectivity index (χ4v) is 4.39. The van der Waals surface area contributed by atoms with Gasteiger partial charge in [-0.3, -0.25) is 9.48 Å². The summed E-state index contributed by atoms with van der Waals surface area (Å²) in [6.07, 6.45) is 0.876. The number of alkyl halides is 2. The van der Waals surface area contributed by atoms with E-state index in [1.807, 2.05) is 0 Å². The zero-order chi connectivity index (χ0) is 17.6. The Morgan fingerprint density at radius 1 is 1.32 bits per heavy atom. The number of carbonyl (C=O) groups is 1. The van der Waals surface area contributed by atoms with Crippen molar-refractivity contribution in [1.82, 2.24) is 19.6 Å². The summed E-state index contributed by atoms with van der Waals surface area (Å²) in [4.78, 5) is 16.9. The van der Waals surface area contributed by atoms with Crippen molar-refractivity contribution < 1.29 is 18.3 Å². The number of ether oxygens (including phenoxy) is 1. The Hall–Kier alpha value is -1.54. The molecule has 138 valence electrons. The average molecular weight is 354 g/mol. The molecule has 0 N–H and O–H groups in total. The molecule has 2 atom stereocenters. The minimum atomic E-state index is -2.73. The van der Waals surface area contributed by atoms with Crippen LogP contribution in [-0.4, -0.2) is 70.9 Å². The average Bonchev–Trinajstić information content (AvgIpc) is 3.11. The van der Waals surface area contributed by atoms with E-state index < -0.39 is 12.1 Å². The Kier molecular flexibility index (Phi) is 4.49. The predicted octanol–water partition coefficient (Wildman–Crippen LogP) is 1.54. The highest BCUT2D eigenvalue weighted by Crippen LogP contribution is 2.35. The summed E-state index contributed by atoms with van der Waals surface area (Å²) in [5.41, 5.74) is -0.369. The molecule has 3 saturated heterocycles. The molecule has 0 saturated carbocycles. The fraction of sp³-hybridized carbons (Fsp3) is 0.765. The van der Waals surface area contributed by atoms with Gasteiger partial charge in [0.25, 0.3) is 12.3 Å². The Labute approximate surface area is 145 Å². The number of aryl methyl sites for hydroxylation is 1. The van der Waals surface area contributed by atoms with Crippen molar-refractivity contribution in [1.29, 1.82) is 0 Å². The van der Waals surface area contributed by atoms with E-state index in [4.69, 9.17) is 4.74 Å². The number of hydrogen-bond donors (Lipinski definition) is 0. The lowest BCUT2D eigenvalue weighted by atomic mass is 9.91. The molecule has 4 rings (SSSR count). The van der Waals surface area contributed by atoms with Crippen molar-refractivity contribution in [3.8, 4) is 0 Å². The maximum Gasteiger partial charge on any atom is 0.282 e. The molecule has 0 aliphatic carbocycles. The van der Waals surface area contributed by atoms with Gasteiger partial charge < -0.3 is 14.5 Å². The molecule has 0 bridgehead atoms. The topological polar surface area (TPSA) is 50.6 Å². The standard InChI is InChI=1S/C17H24F2N4O2/c1-21-9-13(15(20-21)16(18)19)17(24)23-8-12-7-22(10-14(12)23)6-11-2-4-25-5-3-11/h9,11-12,14,16H,2-8,10H2,1H3/t12-,14-/m0/s1. The van der Waals surface area contributed by atoms with Crippen molar-refractivity contribution in [3.63, 3.8) is 0 Å². The molecule has 0 aromatic carbocycles. The number of fused-ring (bicyclic) bond motifs is 1. The van der Waals surface area contributed by atoms with Gasteiger partial charge in [-0.25, -0.2) is 8.78 Å². The lowest BCUT2D eigenvalue weighted by Crippen LogP contribution is -2.58. The first kappa shape index (κ1) is 16.9. The van der Waals surface area contributed by atoms with Crippen molar-refractivity contribution in [2.24, 2.45) is 18.9 Å². The van der Waals surface area contributed by atoms with Crippen LogP contribution in [-0.2, 0) is 11.8 Å². The maximum absolute atomic E-state index is 13.1. The maximum atomic E-state index is 13.1. The smallest absolute Gasteiger partial charge is 0.282 e. The van der Waals surface area contributed by atoms with Gasteiger partial charge in [0.2, 0.25) is 0 Å². The molecule has 0 radical (unpaired) electrons. The van der Waals surface area contributed by atoms with Gasteiger partial charge in [-0.15, -0.1) is 0 Å². The van der Waals surface area contributed by atoms with E-state index >= 15 is 0 Å². The molecule has 3 aliphatic rings. The van der Waals surface area contributed by atoms with Gasteiger partial charge in [-0.05, 0) is 18.8 Å². The third kappa shape index (κ3) is 3.17. The summed E-state index contributed by atoms with van der Waals surface area (Å²) >= 11 is 0. The Morgan fingerprint density at radius 2 is 2.08 bits per heavy atom. The molecule has 0 unspecified atom stereocenters. The van der Waals surface area contributed by atoms with Crippen molar-refractivity contribution >= 4 is 5.91 Å². The third-order valence-corrected chi connectivity index (χ3v) is 5.73. The molecule has 6 nitrogen and oxygen atoms in total. The van der Waals surface area contributed by atoms with E-state index in [9.17, 15) is 13.6 Å². The van der Waals surface area contributed by atoms with Crippen LogP contribution in [0, 0.1) is 11.8 Å². The van der Waals surface area contributed by atoms with Crippen LogP contribution >= 0.6 is 0 Å².